The van der Waals surface area contributed by atoms with Crippen LogP contribution in [-0.4, -0.2) is 17.5 Å². The van der Waals surface area contributed by atoms with E-state index >= 15 is 0 Å². The SMILES string of the molecule is O=C(COc1ccccc1C(F)(F)F)Nc1ccc(SCc2cccnc2)cc1. The van der Waals surface area contributed by atoms with Gasteiger partial charge in [-0.1, -0.05) is 18.2 Å². The van der Waals surface area contributed by atoms with E-state index < -0.39 is 24.3 Å². The summed E-state index contributed by atoms with van der Waals surface area (Å²) in [4.78, 5) is 17.1. The van der Waals surface area contributed by atoms with Crippen molar-refractivity contribution in [1.82, 2.24) is 4.98 Å². The molecule has 0 fully saturated rings. The number of carbonyl (C=O) groups is 1. The van der Waals surface area contributed by atoms with Gasteiger partial charge in [0, 0.05) is 28.7 Å². The van der Waals surface area contributed by atoms with Crippen LogP contribution in [0.4, 0.5) is 18.9 Å². The maximum absolute atomic E-state index is 12.9. The van der Waals surface area contributed by atoms with Gasteiger partial charge in [-0.25, -0.2) is 0 Å². The molecule has 1 N–H and O–H groups in total. The number of anilines is 1. The molecule has 1 aromatic heterocycles. The van der Waals surface area contributed by atoms with Crippen LogP contribution in [0.5, 0.6) is 5.75 Å². The van der Waals surface area contributed by atoms with Crippen LogP contribution in [-0.2, 0) is 16.7 Å². The molecule has 0 bridgehead atoms. The number of carbonyl (C=O) groups excluding carboxylic acids is 1. The first-order chi connectivity index (χ1) is 13.9. The molecular weight excluding hydrogens is 401 g/mol. The van der Waals surface area contributed by atoms with Crippen molar-refractivity contribution in [2.45, 2.75) is 16.8 Å². The van der Waals surface area contributed by atoms with Crippen molar-refractivity contribution < 1.29 is 22.7 Å². The van der Waals surface area contributed by atoms with Crippen molar-refractivity contribution in [3.63, 3.8) is 0 Å². The fraction of sp³-hybridized carbons (Fsp3) is 0.143. The number of benzene rings is 2. The van der Waals surface area contributed by atoms with E-state index in [4.69, 9.17) is 4.74 Å². The number of pyridine rings is 1. The minimum Gasteiger partial charge on any atom is -0.483 e. The Morgan fingerprint density at radius 2 is 1.79 bits per heavy atom. The van der Waals surface area contributed by atoms with E-state index in [0.717, 1.165) is 22.3 Å². The number of hydrogen-bond donors (Lipinski definition) is 1. The molecule has 3 rings (SSSR count). The molecule has 0 aliphatic heterocycles. The molecule has 0 spiro atoms. The minimum absolute atomic E-state index is 0.378. The molecule has 0 saturated heterocycles. The fourth-order valence-corrected chi connectivity index (χ4v) is 3.28. The smallest absolute Gasteiger partial charge is 0.419 e. The molecule has 0 radical (unpaired) electrons. The fourth-order valence-electron chi connectivity index (χ4n) is 2.45. The molecule has 2 aromatic carbocycles. The average molecular weight is 418 g/mol. The van der Waals surface area contributed by atoms with Crippen molar-refractivity contribution in [3.05, 3.63) is 84.2 Å². The Morgan fingerprint density at radius 1 is 1.03 bits per heavy atom. The number of aromatic nitrogens is 1. The predicted molar refractivity (Wildman–Crippen MR) is 106 cm³/mol. The molecule has 3 aromatic rings. The quantitative estimate of drug-likeness (QED) is 0.521. The van der Waals surface area contributed by atoms with Gasteiger partial charge in [-0.2, -0.15) is 13.2 Å². The van der Waals surface area contributed by atoms with Gasteiger partial charge in [-0.3, -0.25) is 9.78 Å². The third-order valence-electron chi connectivity index (χ3n) is 3.82. The highest BCUT2D eigenvalue weighted by atomic mass is 32.2. The first-order valence-electron chi connectivity index (χ1n) is 8.62. The van der Waals surface area contributed by atoms with E-state index in [2.05, 4.69) is 10.3 Å². The van der Waals surface area contributed by atoms with Crippen LogP contribution < -0.4 is 10.1 Å². The number of para-hydroxylation sites is 1. The zero-order valence-electron chi connectivity index (χ0n) is 15.1. The lowest BCUT2D eigenvalue weighted by Crippen LogP contribution is -2.21. The summed E-state index contributed by atoms with van der Waals surface area (Å²) in [6.45, 7) is -0.523. The zero-order valence-corrected chi connectivity index (χ0v) is 16.0. The van der Waals surface area contributed by atoms with Crippen LogP contribution in [0.25, 0.3) is 0 Å². The summed E-state index contributed by atoms with van der Waals surface area (Å²) in [5.41, 5.74) is 0.724. The van der Waals surface area contributed by atoms with Crippen LogP contribution in [0.15, 0.2) is 78.0 Å². The van der Waals surface area contributed by atoms with Gasteiger partial charge in [0.2, 0.25) is 0 Å². The highest BCUT2D eigenvalue weighted by Crippen LogP contribution is 2.35. The first-order valence-corrected chi connectivity index (χ1v) is 9.61. The number of amides is 1. The van der Waals surface area contributed by atoms with E-state index in [0.29, 0.717) is 5.69 Å². The normalized spacial score (nSPS) is 11.1. The standard InChI is InChI=1S/C21H17F3N2O2S/c22-21(23,24)18-5-1-2-6-19(18)28-13-20(27)26-16-7-9-17(10-8-16)29-14-15-4-3-11-25-12-15/h1-12H,13-14H2,(H,26,27). The van der Waals surface area contributed by atoms with Crippen LogP contribution in [0, 0.1) is 0 Å². The summed E-state index contributed by atoms with van der Waals surface area (Å²) >= 11 is 1.63. The molecule has 150 valence electrons. The van der Waals surface area contributed by atoms with Gasteiger partial charge in [0.05, 0.1) is 5.56 Å². The summed E-state index contributed by atoms with van der Waals surface area (Å²) in [5.74, 6) is -0.151. The Labute approximate surface area is 170 Å². The number of hydrogen-bond acceptors (Lipinski definition) is 4. The molecule has 29 heavy (non-hydrogen) atoms. The van der Waals surface area contributed by atoms with Crippen molar-refractivity contribution in [2.24, 2.45) is 0 Å². The van der Waals surface area contributed by atoms with Gasteiger partial charge in [-0.05, 0) is 48.0 Å². The van der Waals surface area contributed by atoms with Crippen molar-refractivity contribution in [2.75, 3.05) is 11.9 Å². The minimum atomic E-state index is -4.55. The van der Waals surface area contributed by atoms with Gasteiger partial charge < -0.3 is 10.1 Å². The van der Waals surface area contributed by atoms with Crippen molar-refractivity contribution >= 4 is 23.4 Å². The Kier molecular flexibility index (Phi) is 6.77. The van der Waals surface area contributed by atoms with Crippen molar-refractivity contribution in [3.8, 4) is 5.75 Å². The number of nitrogens with zero attached hydrogens (tertiary/aromatic N) is 1. The maximum atomic E-state index is 12.9. The van der Waals surface area contributed by atoms with Gasteiger partial charge in [0.15, 0.2) is 6.61 Å². The lowest BCUT2D eigenvalue weighted by Gasteiger charge is -2.13. The lowest BCUT2D eigenvalue weighted by molar-refractivity contribution is -0.139. The third kappa shape index (κ3) is 6.25. The molecule has 1 heterocycles. The Morgan fingerprint density at radius 3 is 2.48 bits per heavy atom. The molecule has 0 atom stereocenters. The molecule has 0 unspecified atom stereocenters. The van der Waals surface area contributed by atoms with E-state index in [-0.39, 0.29) is 5.75 Å². The summed E-state index contributed by atoms with van der Waals surface area (Å²) < 4.78 is 43.9. The highest BCUT2D eigenvalue weighted by molar-refractivity contribution is 7.98. The topological polar surface area (TPSA) is 51.2 Å². The largest absolute Gasteiger partial charge is 0.483 e. The first kappa shape index (κ1) is 20.7. The van der Waals surface area contributed by atoms with Crippen LogP contribution in [0.2, 0.25) is 0 Å². The second kappa shape index (κ2) is 9.47. The third-order valence-corrected chi connectivity index (χ3v) is 4.90. The van der Waals surface area contributed by atoms with Gasteiger partial charge in [-0.15, -0.1) is 11.8 Å². The van der Waals surface area contributed by atoms with Crippen LogP contribution in [0.3, 0.4) is 0 Å². The summed E-state index contributed by atoms with van der Waals surface area (Å²) in [5, 5.41) is 2.61. The van der Waals surface area contributed by atoms with E-state index in [1.54, 1.807) is 36.3 Å². The molecule has 4 nitrogen and oxygen atoms in total. The van der Waals surface area contributed by atoms with E-state index in [1.165, 1.54) is 18.2 Å². The highest BCUT2D eigenvalue weighted by Gasteiger charge is 2.34. The van der Waals surface area contributed by atoms with Gasteiger partial charge >= 0.3 is 6.18 Å². The van der Waals surface area contributed by atoms with E-state index in [9.17, 15) is 18.0 Å². The zero-order chi connectivity index (χ0) is 20.7. The van der Waals surface area contributed by atoms with Gasteiger partial charge in [0.1, 0.15) is 5.75 Å². The summed E-state index contributed by atoms with van der Waals surface area (Å²) in [6, 6.07) is 15.8. The summed E-state index contributed by atoms with van der Waals surface area (Å²) in [6.07, 6.45) is -1.02. The molecule has 0 saturated carbocycles. The van der Waals surface area contributed by atoms with Crippen LogP contribution >= 0.6 is 11.8 Å². The average Bonchev–Trinajstić information content (AvgIpc) is 2.72. The number of thioether (sulfide) groups is 1. The molecule has 8 heteroatoms. The second-order valence-electron chi connectivity index (χ2n) is 6.01. The molecule has 1 amide bonds. The van der Waals surface area contributed by atoms with Crippen molar-refractivity contribution in [1.29, 1.82) is 0 Å². The Balaban J connectivity index is 1.51. The monoisotopic (exact) mass is 418 g/mol. The van der Waals surface area contributed by atoms with Gasteiger partial charge in [0.25, 0.3) is 5.91 Å². The molecular formula is C21H17F3N2O2S. The molecule has 0 aliphatic rings. The summed E-state index contributed by atoms with van der Waals surface area (Å²) in [7, 11) is 0. The number of rotatable bonds is 7. The lowest BCUT2D eigenvalue weighted by atomic mass is 10.2. The van der Waals surface area contributed by atoms with Crippen LogP contribution in [0.1, 0.15) is 11.1 Å². The molecule has 0 aliphatic carbocycles. The number of alkyl halides is 3. The predicted octanol–water partition coefficient (Wildman–Crippen LogP) is 5.41. The number of nitrogens with one attached hydrogen (secondary N) is 1. The Bertz CT molecular complexity index is 948. The second-order valence-corrected chi connectivity index (χ2v) is 7.05. The Hall–Kier alpha value is -3.00. The van der Waals surface area contributed by atoms with E-state index in [1.807, 2.05) is 24.3 Å². The maximum Gasteiger partial charge on any atom is 0.419 e. The number of halogens is 3. The number of ether oxygens (including phenoxy) is 1.